The molecule has 0 aromatic heterocycles. The van der Waals surface area contributed by atoms with E-state index in [0.29, 0.717) is 5.92 Å². The maximum atomic E-state index is 11.7. The highest BCUT2D eigenvalue weighted by molar-refractivity contribution is 5.85. The van der Waals surface area contributed by atoms with Gasteiger partial charge in [0.1, 0.15) is 5.60 Å². The summed E-state index contributed by atoms with van der Waals surface area (Å²) in [4.78, 5) is 11.7. The van der Waals surface area contributed by atoms with Gasteiger partial charge < -0.3 is 10.4 Å². The van der Waals surface area contributed by atoms with E-state index in [1.807, 2.05) is 0 Å². The van der Waals surface area contributed by atoms with E-state index in [4.69, 9.17) is 0 Å². The number of carbonyl (C=O) groups is 1. The minimum Gasteiger partial charge on any atom is -0.380 e. The van der Waals surface area contributed by atoms with Crippen molar-refractivity contribution in [2.75, 3.05) is 0 Å². The van der Waals surface area contributed by atoms with Gasteiger partial charge in [-0.2, -0.15) is 0 Å². The zero-order valence-electron chi connectivity index (χ0n) is 9.62. The fourth-order valence-corrected chi connectivity index (χ4v) is 2.56. The third kappa shape index (κ3) is 2.59. The zero-order chi connectivity index (χ0) is 11.5. The molecule has 0 aliphatic heterocycles. The maximum Gasteiger partial charge on any atom is 0.255 e. The Hall–Kier alpha value is -0.830. The van der Waals surface area contributed by atoms with Crippen LogP contribution in [0.15, 0.2) is 12.8 Å². The normalized spacial score (nSPS) is 30.3. The number of hydrogen-bond donors (Lipinski definition) is 2. The Morgan fingerprint density at radius 3 is 2.67 bits per heavy atom. The predicted octanol–water partition coefficient (Wildman–Crippen LogP) is 1.82. The fraction of sp³-hybridized carbons (Fsp3) is 0.750. The van der Waals surface area contributed by atoms with Crippen LogP contribution in [-0.4, -0.2) is 16.6 Å². The highest BCUT2D eigenvalue weighted by Crippen LogP contribution is 2.37. The minimum atomic E-state index is -1.27. The van der Waals surface area contributed by atoms with Crippen molar-refractivity contribution in [3.63, 3.8) is 0 Å². The number of nitrogens with one attached hydrogen (secondary N) is 1. The van der Waals surface area contributed by atoms with Crippen molar-refractivity contribution in [3.8, 4) is 0 Å². The van der Waals surface area contributed by atoms with Gasteiger partial charge in [-0.3, -0.25) is 4.79 Å². The number of aliphatic hydroxyl groups is 1. The van der Waals surface area contributed by atoms with Crippen LogP contribution in [-0.2, 0) is 4.79 Å². The largest absolute Gasteiger partial charge is 0.380 e. The van der Waals surface area contributed by atoms with E-state index < -0.39 is 5.60 Å². The van der Waals surface area contributed by atoms with Crippen molar-refractivity contribution in [2.24, 2.45) is 11.8 Å². The molecule has 86 valence electrons. The molecular weight excluding hydrogens is 190 g/mol. The van der Waals surface area contributed by atoms with Gasteiger partial charge in [0.25, 0.3) is 5.91 Å². The quantitative estimate of drug-likeness (QED) is 0.748. The van der Waals surface area contributed by atoms with Crippen LogP contribution < -0.4 is 5.32 Å². The Morgan fingerprint density at radius 1 is 1.53 bits per heavy atom. The summed E-state index contributed by atoms with van der Waals surface area (Å²) in [7, 11) is 0. The number of carbonyl (C=O) groups excluding carboxylic acids is 1. The summed E-state index contributed by atoms with van der Waals surface area (Å²) < 4.78 is 0. The molecule has 0 saturated heterocycles. The third-order valence-electron chi connectivity index (χ3n) is 3.53. The topological polar surface area (TPSA) is 49.3 Å². The second-order valence-electron chi connectivity index (χ2n) is 4.69. The van der Waals surface area contributed by atoms with E-state index in [1.54, 1.807) is 6.92 Å². The van der Waals surface area contributed by atoms with Crippen LogP contribution in [0.3, 0.4) is 0 Å². The van der Waals surface area contributed by atoms with Gasteiger partial charge in [-0.25, -0.2) is 0 Å². The van der Waals surface area contributed by atoms with Crippen LogP contribution in [0.5, 0.6) is 0 Å². The lowest BCUT2D eigenvalue weighted by Crippen LogP contribution is -2.51. The first-order valence-electron chi connectivity index (χ1n) is 5.64. The van der Waals surface area contributed by atoms with Gasteiger partial charge >= 0.3 is 0 Å². The monoisotopic (exact) mass is 211 g/mol. The molecule has 3 atom stereocenters. The van der Waals surface area contributed by atoms with Gasteiger partial charge in [0.15, 0.2) is 0 Å². The van der Waals surface area contributed by atoms with Crippen LogP contribution >= 0.6 is 0 Å². The van der Waals surface area contributed by atoms with E-state index in [0.717, 1.165) is 19.3 Å². The van der Waals surface area contributed by atoms with Crippen molar-refractivity contribution in [3.05, 3.63) is 12.8 Å². The van der Waals surface area contributed by atoms with E-state index in [1.165, 1.54) is 12.6 Å². The first-order chi connectivity index (χ1) is 7.00. The average molecular weight is 211 g/mol. The summed E-state index contributed by atoms with van der Waals surface area (Å²) in [6.07, 6.45) is 5.66. The summed E-state index contributed by atoms with van der Waals surface area (Å²) >= 11 is 0. The van der Waals surface area contributed by atoms with Crippen LogP contribution in [0.2, 0.25) is 0 Å². The highest BCUT2D eigenvalue weighted by atomic mass is 16.3. The van der Waals surface area contributed by atoms with Crippen molar-refractivity contribution in [1.29, 1.82) is 0 Å². The Labute approximate surface area is 91.6 Å². The lowest BCUT2D eigenvalue weighted by Gasteiger charge is -2.38. The van der Waals surface area contributed by atoms with E-state index in [2.05, 4.69) is 18.8 Å². The first kappa shape index (κ1) is 12.2. The summed E-state index contributed by atoms with van der Waals surface area (Å²) in [6, 6.07) is 0. The Bertz CT molecular complexity index is 248. The summed E-state index contributed by atoms with van der Waals surface area (Å²) in [5, 5.41) is 12.7. The van der Waals surface area contributed by atoms with Gasteiger partial charge in [-0.05, 0) is 31.4 Å². The van der Waals surface area contributed by atoms with Crippen molar-refractivity contribution in [1.82, 2.24) is 5.32 Å². The molecule has 2 N–H and O–H groups in total. The molecule has 15 heavy (non-hydrogen) atoms. The zero-order valence-corrected chi connectivity index (χ0v) is 9.62. The van der Waals surface area contributed by atoms with Crippen molar-refractivity contribution in [2.45, 2.75) is 45.1 Å². The predicted molar refractivity (Wildman–Crippen MR) is 60.1 cm³/mol. The Balaban J connectivity index is 2.73. The standard InChI is InChI=1S/C12H21NO2/c1-4-13-11(14)12(3,15)10-8-6-5-7-9(10)2/h4,9-10,15H,1,5-8H2,2-3H3,(H,13,14). The second kappa shape index (κ2) is 4.79. The second-order valence-corrected chi connectivity index (χ2v) is 4.69. The molecule has 3 nitrogen and oxygen atoms in total. The van der Waals surface area contributed by atoms with Gasteiger partial charge in [0, 0.05) is 0 Å². The van der Waals surface area contributed by atoms with Gasteiger partial charge in [0.05, 0.1) is 0 Å². The average Bonchev–Trinajstić information content (AvgIpc) is 2.18. The van der Waals surface area contributed by atoms with Gasteiger partial charge in [-0.1, -0.05) is 32.8 Å². The van der Waals surface area contributed by atoms with E-state index in [-0.39, 0.29) is 11.8 Å². The molecule has 0 aromatic rings. The molecule has 3 unspecified atom stereocenters. The molecule has 0 bridgehead atoms. The van der Waals surface area contributed by atoms with Crippen molar-refractivity contribution >= 4 is 5.91 Å². The minimum absolute atomic E-state index is 0.0613. The lowest BCUT2D eigenvalue weighted by atomic mass is 9.71. The van der Waals surface area contributed by atoms with Crippen LogP contribution in [0.1, 0.15) is 39.5 Å². The molecule has 0 heterocycles. The molecule has 1 fully saturated rings. The Kier molecular flexibility index (Phi) is 3.91. The Morgan fingerprint density at radius 2 is 2.13 bits per heavy atom. The molecule has 1 rings (SSSR count). The first-order valence-corrected chi connectivity index (χ1v) is 5.64. The molecule has 1 amide bonds. The smallest absolute Gasteiger partial charge is 0.255 e. The summed E-state index contributed by atoms with van der Waals surface area (Å²) in [6.45, 7) is 7.16. The number of hydrogen-bond acceptors (Lipinski definition) is 2. The molecule has 0 spiro atoms. The number of rotatable bonds is 3. The SMILES string of the molecule is C=CNC(=O)C(C)(O)C1CCCCC1C. The molecular formula is C12H21NO2. The van der Waals surface area contributed by atoms with Gasteiger partial charge in [0.2, 0.25) is 0 Å². The maximum absolute atomic E-state index is 11.7. The number of amides is 1. The van der Waals surface area contributed by atoms with E-state index >= 15 is 0 Å². The molecule has 0 aromatic carbocycles. The van der Waals surface area contributed by atoms with Crippen LogP contribution in [0.4, 0.5) is 0 Å². The fourth-order valence-electron chi connectivity index (χ4n) is 2.56. The molecule has 1 aliphatic carbocycles. The highest BCUT2D eigenvalue weighted by Gasteiger charge is 2.42. The molecule has 1 aliphatic rings. The molecule has 0 radical (unpaired) electrons. The lowest BCUT2D eigenvalue weighted by molar-refractivity contribution is -0.146. The van der Waals surface area contributed by atoms with E-state index in [9.17, 15) is 9.90 Å². The molecule has 3 heteroatoms. The summed E-state index contributed by atoms with van der Waals surface area (Å²) in [5.74, 6) is 0.131. The summed E-state index contributed by atoms with van der Waals surface area (Å²) in [5.41, 5.74) is -1.27. The van der Waals surface area contributed by atoms with Gasteiger partial charge in [-0.15, -0.1) is 0 Å². The third-order valence-corrected chi connectivity index (χ3v) is 3.53. The van der Waals surface area contributed by atoms with Crippen molar-refractivity contribution < 1.29 is 9.90 Å². The van der Waals surface area contributed by atoms with Crippen LogP contribution in [0, 0.1) is 11.8 Å². The molecule has 1 saturated carbocycles. The van der Waals surface area contributed by atoms with Crippen LogP contribution in [0.25, 0.3) is 0 Å².